The molecule has 0 N–H and O–H groups in total. The van der Waals surface area contributed by atoms with Gasteiger partial charge in [0.2, 0.25) is 9.05 Å². The molecule has 16 heavy (non-hydrogen) atoms. The van der Waals surface area contributed by atoms with Gasteiger partial charge < -0.3 is 4.74 Å². The molecule has 0 amide bonds. The van der Waals surface area contributed by atoms with Gasteiger partial charge in [-0.2, -0.15) is 0 Å². The zero-order valence-electron chi connectivity index (χ0n) is 9.66. The predicted octanol–water partition coefficient (Wildman–Crippen LogP) is 2.93. The van der Waals surface area contributed by atoms with E-state index in [9.17, 15) is 8.42 Å². The third-order valence-corrected chi connectivity index (χ3v) is 4.24. The molecule has 0 aromatic carbocycles. The van der Waals surface area contributed by atoms with Gasteiger partial charge in [-0.15, -0.1) is 0 Å². The van der Waals surface area contributed by atoms with Crippen LogP contribution in [0.2, 0.25) is 0 Å². The second-order valence-corrected chi connectivity index (χ2v) is 7.43. The van der Waals surface area contributed by atoms with Crippen LogP contribution in [-0.4, -0.2) is 27.4 Å². The van der Waals surface area contributed by atoms with Gasteiger partial charge in [-0.05, 0) is 31.6 Å². The lowest BCUT2D eigenvalue weighted by Gasteiger charge is -2.21. The monoisotopic (exact) mass is 268 g/mol. The van der Waals surface area contributed by atoms with Gasteiger partial charge in [0.25, 0.3) is 0 Å². The first kappa shape index (κ1) is 14.3. The standard InChI is InChI=1S/C11H21ClO3S/c12-16(13,14)9-5-4-8-15-10-11-6-2-1-3-7-11/h11H,1-10H2. The van der Waals surface area contributed by atoms with E-state index in [1.165, 1.54) is 32.1 Å². The van der Waals surface area contributed by atoms with Crippen molar-refractivity contribution < 1.29 is 13.2 Å². The van der Waals surface area contributed by atoms with Crippen LogP contribution in [0.1, 0.15) is 44.9 Å². The molecule has 0 radical (unpaired) electrons. The normalized spacial score (nSPS) is 18.8. The topological polar surface area (TPSA) is 43.4 Å². The minimum Gasteiger partial charge on any atom is -0.381 e. The Morgan fingerprint density at radius 2 is 1.81 bits per heavy atom. The Bertz CT molecular complexity index is 271. The van der Waals surface area contributed by atoms with Crippen LogP contribution in [0.15, 0.2) is 0 Å². The second kappa shape index (κ2) is 7.51. The molecule has 1 saturated carbocycles. The van der Waals surface area contributed by atoms with E-state index in [0.717, 1.165) is 18.9 Å². The van der Waals surface area contributed by atoms with E-state index in [2.05, 4.69) is 0 Å². The summed E-state index contributed by atoms with van der Waals surface area (Å²) in [5, 5.41) is 0. The summed E-state index contributed by atoms with van der Waals surface area (Å²) in [5.41, 5.74) is 0. The lowest BCUT2D eigenvalue weighted by Crippen LogP contribution is -2.14. The first-order valence-electron chi connectivity index (χ1n) is 6.08. The van der Waals surface area contributed by atoms with Gasteiger partial charge in [0.05, 0.1) is 5.75 Å². The summed E-state index contributed by atoms with van der Waals surface area (Å²) in [6.45, 7) is 1.50. The lowest BCUT2D eigenvalue weighted by atomic mass is 9.90. The van der Waals surface area contributed by atoms with Gasteiger partial charge in [0.1, 0.15) is 0 Å². The molecule has 1 rings (SSSR count). The quantitative estimate of drug-likeness (QED) is 0.527. The van der Waals surface area contributed by atoms with Crippen LogP contribution in [-0.2, 0) is 13.8 Å². The zero-order chi connectivity index (χ0) is 11.9. The number of rotatable bonds is 7. The van der Waals surface area contributed by atoms with Crippen molar-refractivity contribution in [2.24, 2.45) is 5.92 Å². The molecule has 0 atom stereocenters. The van der Waals surface area contributed by atoms with Crippen molar-refractivity contribution >= 4 is 19.7 Å². The molecule has 0 saturated heterocycles. The van der Waals surface area contributed by atoms with Gasteiger partial charge in [-0.3, -0.25) is 0 Å². The van der Waals surface area contributed by atoms with Gasteiger partial charge in [-0.1, -0.05) is 19.3 Å². The van der Waals surface area contributed by atoms with Crippen LogP contribution in [0.25, 0.3) is 0 Å². The number of hydrogen-bond donors (Lipinski definition) is 0. The highest BCUT2D eigenvalue weighted by molar-refractivity contribution is 8.13. The van der Waals surface area contributed by atoms with Crippen molar-refractivity contribution in [1.82, 2.24) is 0 Å². The highest BCUT2D eigenvalue weighted by Gasteiger charge is 2.13. The van der Waals surface area contributed by atoms with Gasteiger partial charge >= 0.3 is 0 Å². The molecular weight excluding hydrogens is 248 g/mol. The molecule has 0 unspecified atom stereocenters. The minimum atomic E-state index is -3.32. The zero-order valence-corrected chi connectivity index (χ0v) is 11.2. The molecule has 0 aromatic rings. The van der Waals surface area contributed by atoms with E-state index in [1.807, 2.05) is 0 Å². The van der Waals surface area contributed by atoms with Crippen molar-refractivity contribution in [3.63, 3.8) is 0 Å². The SMILES string of the molecule is O=S(=O)(Cl)CCCCOCC1CCCCC1. The van der Waals surface area contributed by atoms with Crippen LogP contribution < -0.4 is 0 Å². The maximum atomic E-state index is 10.6. The third kappa shape index (κ3) is 7.47. The molecule has 1 aliphatic carbocycles. The fourth-order valence-electron chi connectivity index (χ4n) is 2.08. The van der Waals surface area contributed by atoms with Gasteiger partial charge in [0.15, 0.2) is 0 Å². The van der Waals surface area contributed by atoms with Gasteiger partial charge in [-0.25, -0.2) is 8.42 Å². The Morgan fingerprint density at radius 1 is 1.12 bits per heavy atom. The smallest absolute Gasteiger partial charge is 0.232 e. The van der Waals surface area contributed by atoms with Crippen molar-refractivity contribution in [3.05, 3.63) is 0 Å². The van der Waals surface area contributed by atoms with E-state index in [0.29, 0.717) is 13.0 Å². The van der Waals surface area contributed by atoms with Crippen LogP contribution in [0.5, 0.6) is 0 Å². The van der Waals surface area contributed by atoms with Crippen molar-refractivity contribution in [2.75, 3.05) is 19.0 Å². The highest BCUT2D eigenvalue weighted by atomic mass is 35.7. The Morgan fingerprint density at radius 3 is 2.44 bits per heavy atom. The van der Waals surface area contributed by atoms with Crippen LogP contribution in [0.4, 0.5) is 0 Å². The summed E-state index contributed by atoms with van der Waals surface area (Å²) >= 11 is 0. The van der Waals surface area contributed by atoms with E-state index >= 15 is 0 Å². The summed E-state index contributed by atoms with van der Waals surface area (Å²) in [7, 11) is 1.78. The molecule has 3 nitrogen and oxygen atoms in total. The van der Waals surface area contributed by atoms with Crippen LogP contribution in [0, 0.1) is 5.92 Å². The Balaban J connectivity index is 1.91. The van der Waals surface area contributed by atoms with Crippen molar-refractivity contribution in [3.8, 4) is 0 Å². The maximum absolute atomic E-state index is 10.6. The first-order chi connectivity index (χ1) is 7.58. The number of halogens is 1. The number of unbranched alkanes of at least 4 members (excludes halogenated alkanes) is 1. The predicted molar refractivity (Wildman–Crippen MR) is 66.3 cm³/mol. The summed E-state index contributed by atoms with van der Waals surface area (Å²) < 4.78 is 26.8. The second-order valence-electron chi connectivity index (χ2n) is 4.53. The van der Waals surface area contributed by atoms with E-state index < -0.39 is 9.05 Å². The van der Waals surface area contributed by atoms with E-state index in [-0.39, 0.29) is 5.75 Å². The summed E-state index contributed by atoms with van der Waals surface area (Å²) in [5.74, 6) is 0.784. The molecule has 0 spiro atoms. The van der Waals surface area contributed by atoms with Crippen molar-refractivity contribution in [1.29, 1.82) is 0 Å². The fourth-order valence-corrected chi connectivity index (χ4v) is 2.96. The van der Waals surface area contributed by atoms with E-state index in [1.54, 1.807) is 0 Å². The Kier molecular flexibility index (Phi) is 6.70. The largest absolute Gasteiger partial charge is 0.381 e. The molecule has 0 aliphatic heterocycles. The average Bonchev–Trinajstić information content (AvgIpc) is 2.23. The molecular formula is C11H21ClO3S. The highest BCUT2D eigenvalue weighted by Crippen LogP contribution is 2.23. The lowest BCUT2D eigenvalue weighted by molar-refractivity contribution is 0.0834. The minimum absolute atomic E-state index is 0.0569. The summed E-state index contributed by atoms with van der Waals surface area (Å²) in [6, 6.07) is 0. The van der Waals surface area contributed by atoms with Crippen LogP contribution >= 0.6 is 10.7 Å². The molecule has 5 heteroatoms. The fraction of sp³-hybridized carbons (Fsp3) is 1.00. The molecule has 96 valence electrons. The average molecular weight is 269 g/mol. The third-order valence-electron chi connectivity index (χ3n) is 3.01. The summed E-state index contributed by atoms with van der Waals surface area (Å²) in [6.07, 6.45) is 7.97. The maximum Gasteiger partial charge on any atom is 0.232 e. The van der Waals surface area contributed by atoms with Gasteiger partial charge in [0, 0.05) is 23.9 Å². The molecule has 0 heterocycles. The molecule has 0 bridgehead atoms. The van der Waals surface area contributed by atoms with Crippen molar-refractivity contribution in [2.45, 2.75) is 44.9 Å². The molecule has 1 aliphatic rings. The molecule has 0 aromatic heterocycles. The summed E-state index contributed by atoms with van der Waals surface area (Å²) in [4.78, 5) is 0. The number of ether oxygens (including phenoxy) is 1. The number of hydrogen-bond acceptors (Lipinski definition) is 3. The Hall–Kier alpha value is 0.200. The van der Waals surface area contributed by atoms with E-state index in [4.69, 9.17) is 15.4 Å². The molecule has 1 fully saturated rings. The Labute approximate surface area is 103 Å². The first-order valence-corrected chi connectivity index (χ1v) is 8.56. The van der Waals surface area contributed by atoms with Crippen LogP contribution in [0.3, 0.4) is 0 Å².